The average Bonchev–Trinajstić information content (AvgIpc) is 2.81. The molecule has 0 aromatic heterocycles. The van der Waals surface area contributed by atoms with Gasteiger partial charge < -0.3 is 30.9 Å². The fourth-order valence-electron chi connectivity index (χ4n) is 6.41. The first-order valence-corrected chi connectivity index (χ1v) is 12.4. The van der Waals surface area contributed by atoms with Crippen LogP contribution >= 0.6 is 0 Å². The number of phenols is 1. The molecule has 0 radical (unpaired) electrons. The molecule has 38 heavy (non-hydrogen) atoms. The highest BCUT2D eigenvalue weighted by Gasteiger charge is 2.69. The molecule has 3 aliphatic carbocycles. The normalized spacial score (nSPS) is 28.7. The number of primary amides is 1. The van der Waals surface area contributed by atoms with Crippen LogP contribution in [0.1, 0.15) is 59.4 Å². The minimum absolute atomic E-state index is 0.000238. The molecule has 0 fully saturated rings. The van der Waals surface area contributed by atoms with Crippen molar-refractivity contribution in [1.82, 2.24) is 4.90 Å². The van der Waals surface area contributed by atoms with Crippen molar-refractivity contribution in [3.8, 4) is 5.75 Å². The lowest BCUT2D eigenvalue weighted by Gasteiger charge is -2.56. The van der Waals surface area contributed by atoms with Crippen LogP contribution in [0.25, 0.3) is 0 Å². The van der Waals surface area contributed by atoms with E-state index in [1.165, 1.54) is 24.0 Å². The number of nitrogens with two attached hydrogens (primary N) is 1. The third-order valence-electron chi connectivity index (χ3n) is 8.10. The maximum atomic E-state index is 13.7. The highest BCUT2D eigenvalue weighted by atomic mass is 16.5. The van der Waals surface area contributed by atoms with Gasteiger partial charge in [-0.3, -0.25) is 19.3 Å². The Morgan fingerprint density at radius 2 is 1.84 bits per heavy atom. The van der Waals surface area contributed by atoms with Gasteiger partial charge in [0.15, 0.2) is 11.4 Å². The summed E-state index contributed by atoms with van der Waals surface area (Å²) in [7, 11) is 3.11. The number of benzene rings is 1. The molecule has 4 atom stereocenters. The van der Waals surface area contributed by atoms with Crippen molar-refractivity contribution < 1.29 is 44.3 Å². The zero-order chi connectivity index (χ0) is 28.3. The van der Waals surface area contributed by atoms with Crippen molar-refractivity contribution in [1.29, 1.82) is 0 Å². The lowest BCUT2D eigenvalue weighted by Crippen LogP contribution is -2.69. The average molecular weight is 529 g/mol. The van der Waals surface area contributed by atoms with E-state index in [2.05, 4.69) is 0 Å². The second kappa shape index (κ2) is 9.25. The molecule has 0 saturated carbocycles. The predicted molar refractivity (Wildman–Crippen MR) is 133 cm³/mol. The summed E-state index contributed by atoms with van der Waals surface area (Å²) in [6, 6.07) is 1.40. The first-order valence-electron chi connectivity index (χ1n) is 12.4. The Labute approximate surface area is 219 Å². The van der Waals surface area contributed by atoms with Crippen molar-refractivity contribution >= 4 is 23.4 Å². The number of aromatic hydroxyl groups is 1. The van der Waals surface area contributed by atoms with E-state index in [0.717, 1.165) is 6.42 Å². The van der Waals surface area contributed by atoms with E-state index in [4.69, 9.17) is 10.5 Å². The lowest BCUT2D eigenvalue weighted by molar-refractivity contribution is -0.165. The number of allylic oxidation sites excluding steroid dienone is 1. The molecule has 1 aromatic rings. The number of hydrogen-bond acceptors (Lipinski definition) is 10. The number of carbonyl (C=O) groups is 4. The van der Waals surface area contributed by atoms with Crippen molar-refractivity contribution in [3.05, 3.63) is 51.5 Å². The van der Waals surface area contributed by atoms with Crippen molar-refractivity contribution in [2.24, 2.45) is 17.1 Å². The number of aliphatic hydroxyl groups is 3. The quantitative estimate of drug-likeness (QED) is 0.205. The van der Waals surface area contributed by atoms with Crippen LogP contribution in [0.5, 0.6) is 5.75 Å². The third-order valence-corrected chi connectivity index (χ3v) is 8.10. The van der Waals surface area contributed by atoms with Crippen LogP contribution in [0.2, 0.25) is 0 Å². The summed E-state index contributed by atoms with van der Waals surface area (Å²) < 4.78 is 5.33. The van der Waals surface area contributed by atoms with Crippen molar-refractivity contribution in [2.45, 2.75) is 51.2 Å². The number of amides is 1. The van der Waals surface area contributed by atoms with Crippen LogP contribution < -0.4 is 5.73 Å². The predicted octanol–water partition coefficient (Wildman–Crippen LogP) is 1.47. The zero-order valence-corrected chi connectivity index (χ0v) is 21.7. The molecule has 3 aliphatic rings. The van der Waals surface area contributed by atoms with Crippen LogP contribution in [-0.2, 0) is 20.7 Å². The van der Waals surface area contributed by atoms with Gasteiger partial charge in [-0.2, -0.15) is 0 Å². The molecule has 0 bridgehead atoms. The van der Waals surface area contributed by atoms with Gasteiger partial charge in [-0.05, 0) is 57.0 Å². The number of aliphatic hydroxyl groups excluding tert-OH is 2. The molecule has 0 heterocycles. The number of ketones is 2. The minimum Gasteiger partial charge on any atom is -0.510 e. The second-order valence-electron chi connectivity index (χ2n) is 10.6. The number of phenolic OH excluding ortho intramolecular Hbond substituents is 1. The molecule has 11 heteroatoms. The smallest absolute Gasteiger partial charge is 0.338 e. The Morgan fingerprint density at radius 1 is 1.18 bits per heavy atom. The van der Waals surface area contributed by atoms with Crippen LogP contribution in [0.4, 0.5) is 0 Å². The summed E-state index contributed by atoms with van der Waals surface area (Å²) in [6.07, 6.45) is 1.36. The number of unbranched alkanes of at least 4 members (excludes halogenated alkanes) is 1. The van der Waals surface area contributed by atoms with Gasteiger partial charge in [0.25, 0.3) is 5.91 Å². The van der Waals surface area contributed by atoms with Crippen LogP contribution in [0.3, 0.4) is 0 Å². The number of Topliss-reactive ketones (excluding diaryl/α,β-unsaturated/α-hetero) is 2. The number of fused-ring (bicyclic) bond motifs is 3. The number of nitrogens with zero attached hydrogens (tertiary/aromatic N) is 1. The summed E-state index contributed by atoms with van der Waals surface area (Å²) in [5.74, 6) is -6.99. The van der Waals surface area contributed by atoms with Gasteiger partial charge in [0, 0.05) is 11.0 Å². The molecule has 0 saturated heterocycles. The van der Waals surface area contributed by atoms with Gasteiger partial charge >= 0.3 is 5.97 Å². The molecule has 1 amide bonds. The summed E-state index contributed by atoms with van der Waals surface area (Å²) in [6.45, 7) is 3.59. The van der Waals surface area contributed by atoms with Crippen LogP contribution in [0.15, 0.2) is 34.8 Å². The molecule has 6 N–H and O–H groups in total. The SMILES string of the molecule is CCCCOC(=O)c1ccc(O)c2c1C[C@H]1C[C@@]3(C)C(N(C)C)C(O)=C(C(N)=O)C(=O)C3(O)C(O)=C1C2=O. The molecule has 0 aliphatic heterocycles. The van der Waals surface area contributed by atoms with Crippen LogP contribution in [-0.4, -0.2) is 81.1 Å². The highest BCUT2D eigenvalue weighted by Crippen LogP contribution is 2.58. The standard InChI is InChI=1S/C27H32N2O9/c1-5-6-9-38-25(36)13-7-8-15(30)17-14(13)10-12-11-26(2)21(29(3)4)20(32)18(24(28)35)23(34)27(26,37)22(33)16(12)19(17)31/h7-8,12,21,30,32-33,37H,5-6,9-11H2,1-4H3,(H2,28,35)/t12-,21?,26-,27?/m0/s1. The molecule has 204 valence electrons. The Hall–Kier alpha value is -3.70. The Bertz CT molecular complexity index is 1330. The number of likely N-dealkylation sites (N-methyl/N-ethyl adjacent to an activating group) is 1. The topological polar surface area (TPSA) is 188 Å². The number of carbonyl (C=O) groups excluding carboxylic acids is 4. The molecule has 4 rings (SSSR count). The summed E-state index contributed by atoms with van der Waals surface area (Å²) >= 11 is 0. The summed E-state index contributed by atoms with van der Waals surface area (Å²) in [5.41, 5.74) is -0.114. The third kappa shape index (κ3) is 3.56. The Kier molecular flexibility index (Phi) is 6.65. The highest BCUT2D eigenvalue weighted by molar-refractivity contribution is 6.25. The summed E-state index contributed by atoms with van der Waals surface area (Å²) in [4.78, 5) is 53.7. The van der Waals surface area contributed by atoms with Crippen LogP contribution in [0, 0.1) is 11.3 Å². The first-order chi connectivity index (χ1) is 17.7. The van der Waals surface area contributed by atoms with E-state index in [-0.39, 0.29) is 41.7 Å². The van der Waals surface area contributed by atoms with Gasteiger partial charge in [-0.15, -0.1) is 0 Å². The van der Waals surface area contributed by atoms with Gasteiger partial charge in [-0.1, -0.05) is 20.3 Å². The summed E-state index contributed by atoms with van der Waals surface area (Å²) in [5, 5.41) is 44.8. The number of ether oxygens (including phenoxy) is 1. The zero-order valence-electron chi connectivity index (χ0n) is 21.7. The van der Waals surface area contributed by atoms with Gasteiger partial charge in [0.2, 0.25) is 5.78 Å². The van der Waals surface area contributed by atoms with Gasteiger partial charge in [0.05, 0.1) is 23.8 Å². The monoisotopic (exact) mass is 528 g/mol. The number of esters is 1. The molecule has 2 unspecified atom stereocenters. The molecule has 0 spiro atoms. The minimum atomic E-state index is -2.77. The largest absolute Gasteiger partial charge is 0.510 e. The van der Waals surface area contributed by atoms with E-state index < -0.39 is 69.3 Å². The van der Waals surface area contributed by atoms with E-state index in [9.17, 15) is 39.6 Å². The van der Waals surface area contributed by atoms with Crippen molar-refractivity contribution in [3.63, 3.8) is 0 Å². The fourth-order valence-corrected chi connectivity index (χ4v) is 6.41. The Morgan fingerprint density at radius 3 is 2.42 bits per heavy atom. The molecular formula is C27H32N2O9. The molecule has 11 nitrogen and oxygen atoms in total. The molecular weight excluding hydrogens is 496 g/mol. The maximum absolute atomic E-state index is 13.7. The van der Waals surface area contributed by atoms with Gasteiger partial charge in [-0.25, -0.2) is 4.79 Å². The Balaban J connectivity index is 1.93. The van der Waals surface area contributed by atoms with E-state index in [1.807, 2.05) is 6.92 Å². The van der Waals surface area contributed by atoms with E-state index in [0.29, 0.717) is 6.42 Å². The van der Waals surface area contributed by atoms with E-state index in [1.54, 1.807) is 14.1 Å². The lowest BCUT2D eigenvalue weighted by atomic mass is 9.51. The van der Waals surface area contributed by atoms with Crippen molar-refractivity contribution in [2.75, 3.05) is 20.7 Å². The number of hydrogen-bond donors (Lipinski definition) is 5. The van der Waals surface area contributed by atoms with Gasteiger partial charge in [0.1, 0.15) is 22.8 Å². The second-order valence-corrected chi connectivity index (χ2v) is 10.6. The van der Waals surface area contributed by atoms with E-state index >= 15 is 0 Å². The number of rotatable bonds is 6. The first kappa shape index (κ1) is 27.3. The maximum Gasteiger partial charge on any atom is 0.338 e. The fraction of sp³-hybridized carbons (Fsp3) is 0.481. The molecule has 1 aromatic carbocycles.